The summed E-state index contributed by atoms with van der Waals surface area (Å²) in [6.45, 7) is 2.08. The number of hydrogen-bond donors (Lipinski definition) is 1. The van der Waals surface area contributed by atoms with Gasteiger partial charge in [-0.05, 0) is 30.2 Å². The monoisotopic (exact) mass is 335 g/mol. The van der Waals surface area contributed by atoms with E-state index in [-0.39, 0.29) is 12.5 Å². The van der Waals surface area contributed by atoms with E-state index in [1.54, 1.807) is 12.4 Å². The van der Waals surface area contributed by atoms with Crippen molar-refractivity contribution in [2.45, 2.75) is 6.92 Å². The average Bonchev–Trinajstić information content (AvgIpc) is 2.48. The van der Waals surface area contributed by atoms with E-state index in [1.807, 2.05) is 25.1 Å². The molecule has 0 aliphatic heterocycles. The SMILES string of the molecule is COC(=O)CNc1ncc(-c2cc(Br)ccc2C)cn1. The molecule has 104 valence electrons. The highest BCUT2D eigenvalue weighted by Crippen LogP contribution is 2.25. The largest absolute Gasteiger partial charge is 0.468 e. The van der Waals surface area contributed by atoms with Gasteiger partial charge in [0.1, 0.15) is 6.54 Å². The van der Waals surface area contributed by atoms with E-state index in [0.717, 1.165) is 21.2 Å². The first-order valence-corrected chi connectivity index (χ1v) is 6.78. The number of methoxy groups -OCH3 is 1. The number of esters is 1. The molecule has 0 saturated carbocycles. The molecular weight excluding hydrogens is 322 g/mol. The van der Waals surface area contributed by atoms with Gasteiger partial charge in [0.2, 0.25) is 5.95 Å². The molecule has 5 nitrogen and oxygen atoms in total. The van der Waals surface area contributed by atoms with Gasteiger partial charge in [0.05, 0.1) is 7.11 Å². The number of nitrogens with zero attached hydrogens (tertiary/aromatic N) is 2. The van der Waals surface area contributed by atoms with Crippen LogP contribution in [0.4, 0.5) is 5.95 Å². The van der Waals surface area contributed by atoms with E-state index < -0.39 is 0 Å². The fourth-order valence-corrected chi connectivity index (χ4v) is 2.05. The molecule has 0 aliphatic carbocycles. The summed E-state index contributed by atoms with van der Waals surface area (Å²) in [4.78, 5) is 19.4. The van der Waals surface area contributed by atoms with Crippen molar-refractivity contribution in [3.8, 4) is 11.1 Å². The van der Waals surface area contributed by atoms with Gasteiger partial charge in [-0.15, -0.1) is 0 Å². The Morgan fingerprint density at radius 1 is 1.35 bits per heavy atom. The van der Waals surface area contributed by atoms with Crippen molar-refractivity contribution in [1.29, 1.82) is 0 Å². The molecule has 20 heavy (non-hydrogen) atoms. The Balaban J connectivity index is 2.15. The normalized spacial score (nSPS) is 10.2. The smallest absolute Gasteiger partial charge is 0.325 e. The Morgan fingerprint density at radius 2 is 2.05 bits per heavy atom. The van der Waals surface area contributed by atoms with E-state index >= 15 is 0 Å². The molecule has 0 saturated heterocycles. The number of rotatable bonds is 4. The van der Waals surface area contributed by atoms with Gasteiger partial charge in [-0.3, -0.25) is 4.79 Å². The molecule has 1 aromatic carbocycles. The zero-order valence-corrected chi connectivity index (χ0v) is 12.8. The second-order valence-corrected chi connectivity index (χ2v) is 5.10. The molecule has 1 aromatic heterocycles. The molecule has 0 radical (unpaired) electrons. The summed E-state index contributed by atoms with van der Waals surface area (Å²) in [7, 11) is 1.34. The van der Waals surface area contributed by atoms with E-state index in [0.29, 0.717) is 5.95 Å². The maximum Gasteiger partial charge on any atom is 0.325 e. The van der Waals surface area contributed by atoms with E-state index in [1.165, 1.54) is 7.11 Å². The third-order valence-electron chi connectivity index (χ3n) is 2.78. The maximum atomic E-state index is 11.0. The van der Waals surface area contributed by atoms with Crippen molar-refractivity contribution in [1.82, 2.24) is 9.97 Å². The number of anilines is 1. The Morgan fingerprint density at radius 3 is 2.70 bits per heavy atom. The Kier molecular flexibility index (Phi) is 4.68. The second kappa shape index (κ2) is 6.47. The Hall–Kier alpha value is -1.95. The van der Waals surface area contributed by atoms with Crippen molar-refractivity contribution >= 4 is 27.8 Å². The first-order valence-electron chi connectivity index (χ1n) is 5.99. The van der Waals surface area contributed by atoms with E-state index in [4.69, 9.17) is 0 Å². The Bertz CT molecular complexity index is 614. The molecule has 0 spiro atoms. The summed E-state index contributed by atoms with van der Waals surface area (Å²) < 4.78 is 5.54. The summed E-state index contributed by atoms with van der Waals surface area (Å²) in [5.41, 5.74) is 3.14. The molecule has 1 N–H and O–H groups in total. The van der Waals surface area contributed by atoms with Crippen molar-refractivity contribution in [2.24, 2.45) is 0 Å². The number of carbonyl (C=O) groups is 1. The molecule has 0 bridgehead atoms. The lowest BCUT2D eigenvalue weighted by atomic mass is 10.0. The molecule has 1 heterocycles. The van der Waals surface area contributed by atoms with Crippen LogP contribution in [0.5, 0.6) is 0 Å². The molecule has 2 rings (SSSR count). The van der Waals surface area contributed by atoms with Crippen molar-refractivity contribution in [3.63, 3.8) is 0 Å². The minimum Gasteiger partial charge on any atom is -0.468 e. The summed E-state index contributed by atoms with van der Waals surface area (Å²) in [6, 6.07) is 6.05. The van der Waals surface area contributed by atoms with Gasteiger partial charge in [0, 0.05) is 22.4 Å². The predicted octanol–water partition coefficient (Wildman–Crippen LogP) is 2.80. The summed E-state index contributed by atoms with van der Waals surface area (Å²) in [5, 5.41) is 2.79. The number of aryl methyl sites for hydroxylation is 1. The minimum absolute atomic E-state index is 0.0474. The van der Waals surface area contributed by atoms with Gasteiger partial charge in [0.15, 0.2) is 0 Å². The number of ether oxygens (including phenoxy) is 1. The predicted molar refractivity (Wildman–Crippen MR) is 80.4 cm³/mol. The highest BCUT2D eigenvalue weighted by Gasteiger charge is 2.06. The van der Waals surface area contributed by atoms with Crippen LogP contribution < -0.4 is 5.32 Å². The third-order valence-corrected chi connectivity index (χ3v) is 3.27. The van der Waals surface area contributed by atoms with Crippen molar-refractivity contribution < 1.29 is 9.53 Å². The number of benzene rings is 1. The van der Waals surface area contributed by atoms with Gasteiger partial charge in [-0.1, -0.05) is 22.0 Å². The second-order valence-electron chi connectivity index (χ2n) is 4.18. The summed E-state index contributed by atoms with van der Waals surface area (Å²) >= 11 is 3.45. The summed E-state index contributed by atoms with van der Waals surface area (Å²) in [6.07, 6.45) is 3.45. The molecular formula is C14H14BrN3O2. The van der Waals surface area contributed by atoms with Gasteiger partial charge < -0.3 is 10.1 Å². The lowest BCUT2D eigenvalue weighted by Gasteiger charge is -2.07. The lowest BCUT2D eigenvalue weighted by Crippen LogP contribution is -2.16. The van der Waals surface area contributed by atoms with Gasteiger partial charge in [0.25, 0.3) is 0 Å². The highest BCUT2D eigenvalue weighted by molar-refractivity contribution is 9.10. The van der Waals surface area contributed by atoms with Crippen LogP contribution in [0.1, 0.15) is 5.56 Å². The van der Waals surface area contributed by atoms with E-state index in [2.05, 4.69) is 36.0 Å². The van der Waals surface area contributed by atoms with Crippen molar-refractivity contribution in [2.75, 3.05) is 19.0 Å². The fraction of sp³-hybridized carbons (Fsp3) is 0.214. The topological polar surface area (TPSA) is 64.1 Å². The van der Waals surface area contributed by atoms with Crippen LogP contribution in [-0.4, -0.2) is 29.6 Å². The molecule has 0 fully saturated rings. The zero-order chi connectivity index (χ0) is 14.5. The molecule has 0 unspecified atom stereocenters. The van der Waals surface area contributed by atoms with Crippen LogP contribution >= 0.6 is 15.9 Å². The molecule has 2 aromatic rings. The lowest BCUT2D eigenvalue weighted by molar-refractivity contribution is -0.138. The fourth-order valence-electron chi connectivity index (χ4n) is 1.69. The number of carbonyl (C=O) groups excluding carboxylic acids is 1. The molecule has 6 heteroatoms. The van der Waals surface area contributed by atoms with Gasteiger partial charge in [-0.25, -0.2) is 9.97 Å². The third kappa shape index (κ3) is 3.54. The number of hydrogen-bond acceptors (Lipinski definition) is 5. The van der Waals surface area contributed by atoms with Crippen molar-refractivity contribution in [3.05, 3.63) is 40.6 Å². The van der Waals surface area contributed by atoms with Crippen LogP contribution in [0.3, 0.4) is 0 Å². The number of halogens is 1. The number of nitrogens with one attached hydrogen (secondary N) is 1. The van der Waals surface area contributed by atoms with E-state index in [9.17, 15) is 4.79 Å². The molecule has 0 aliphatic rings. The Labute approximate surface area is 125 Å². The first kappa shape index (κ1) is 14.5. The van der Waals surface area contributed by atoms with Crippen LogP contribution in [0, 0.1) is 6.92 Å². The molecule has 0 amide bonds. The van der Waals surface area contributed by atoms with Crippen LogP contribution in [0.25, 0.3) is 11.1 Å². The van der Waals surface area contributed by atoms with Gasteiger partial charge >= 0.3 is 5.97 Å². The molecule has 0 atom stereocenters. The highest BCUT2D eigenvalue weighted by atomic mass is 79.9. The minimum atomic E-state index is -0.361. The van der Waals surface area contributed by atoms with Gasteiger partial charge in [-0.2, -0.15) is 0 Å². The average molecular weight is 336 g/mol. The van der Waals surface area contributed by atoms with Crippen LogP contribution in [-0.2, 0) is 9.53 Å². The number of aromatic nitrogens is 2. The maximum absolute atomic E-state index is 11.0. The van der Waals surface area contributed by atoms with Crippen LogP contribution in [0.15, 0.2) is 35.1 Å². The zero-order valence-electron chi connectivity index (χ0n) is 11.2. The summed E-state index contributed by atoms with van der Waals surface area (Å²) in [5.74, 6) is 0.0345. The first-order chi connectivity index (χ1) is 9.60. The quantitative estimate of drug-likeness (QED) is 0.870. The van der Waals surface area contributed by atoms with Crippen LogP contribution in [0.2, 0.25) is 0 Å². The standard InChI is InChI=1S/C14H14BrN3O2/c1-9-3-4-11(15)5-12(9)10-6-16-14(17-7-10)18-8-13(19)20-2/h3-7H,8H2,1-2H3,(H,16,17,18).